The molecule has 0 spiro atoms. The molecule has 1 amide bonds. The fourth-order valence-corrected chi connectivity index (χ4v) is 3.50. The zero-order chi connectivity index (χ0) is 26.1. The number of hydrogen-bond donors (Lipinski definition) is 1. The maximum absolute atomic E-state index is 13.3. The van der Waals surface area contributed by atoms with Crippen molar-refractivity contribution in [3.05, 3.63) is 101 Å². The Labute approximate surface area is 200 Å². The van der Waals surface area contributed by atoms with Crippen LogP contribution in [0.2, 0.25) is 0 Å². The minimum absolute atomic E-state index is 0.0619. The van der Waals surface area contributed by atoms with E-state index in [1.165, 1.54) is 66.7 Å². The molecule has 4 aromatic rings. The van der Waals surface area contributed by atoms with Gasteiger partial charge in [-0.3, -0.25) is 4.79 Å². The lowest BCUT2D eigenvalue weighted by Gasteiger charge is -2.13. The third kappa shape index (κ3) is 5.07. The summed E-state index contributed by atoms with van der Waals surface area (Å²) in [5.74, 6) is -0.941. The fraction of sp³-hybridized carbons (Fsp3) is 0.0800. The number of nitrogens with one attached hydrogen (secondary N) is 1. The Morgan fingerprint density at radius 3 is 2.19 bits per heavy atom. The highest BCUT2D eigenvalue weighted by atomic mass is 19.4. The van der Waals surface area contributed by atoms with Crippen molar-refractivity contribution < 1.29 is 31.1 Å². The SMILES string of the molecule is N#Cc1cccc(-n2nc(C(F)(F)F)cc2C(=O)Nc2ccc(-c3ccccc3C(F)(F)F)cc2)c1. The van der Waals surface area contributed by atoms with Crippen LogP contribution in [0.15, 0.2) is 78.9 Å². The normalized spacial score (nSPS) is 11.7. The third-order valence-electron chi connectivity index (χ3n) is 5.14. The zero-order valence-electron chi connectivity index (χ0n) is 18.0. The summed E-state index contributed by atoms with van der Waals surface area (Å²) in [6.45, 7) is 0. The summed E-state index contributed by atoms with van der Waals surface area (Å²) in [7, 11) is 0. The molecule has 5 nitrogen and oxygen atoms in total. The molecule has 0 aliphatic carbocycles. The first-order chi connectivity index (χ1) is 17.0. The number of carbonyl (C=O) groups excluding carboxylic acids is 1. The second-order valence-electron chi connectivity index (χ2n) is 7.56. The van der Waals surface area contributed by atoms with Crippen LogP contribution in [-0.2, 0) is 12.4 Å². The lowest BCUT2D eigenvalue weighted by molar-refractivity contribution is -0.141. The van der Waals surface area contributed by atoms with E-state index in [0.29, 0.717) is 6.07 Å². The molecule has 3 aromatic carbocycles. The van der Waals surface area contributed by atoms with Gasteiger partial charge >= 0.3 is 12.4 Å². The Hall–Kier alpha value is -4.59. The summed E-state index contributed by atoms with van der Waals surface area (Å²) in [4.78, 5) is 12.9. The molecule has 1 N–H and O–H groups in total. The van der Waals surface area contributed by atoms with Crippen LogP contribution >= 0.6 is 0 Å². The Morgan fingerprint density at radius 1 is 0.861 bits per heavy atom. The van der Waals surface area contributed by atoms with Crippen LogP contribution in [0.5, 0.6) is 0 Å². The van der Waals surface area contributed by atoms with Gasteiger partial charge in [-0.15, -0.1) is 0 Å². The van der Waals surface area contributed by atoms with Crippen molar-refractivity contribution >= 4 is 11.6 Å². The smallest absolute Gasteiger partial charge is 0.321 e. The van der Waals surface area contributed by atoms with Gasteiger partial charge in [0.1, 0.15) is 5.69 Å². The van der Waals surface area contributed by atoms with E-state index in [-0.39, 0.29) is 28.1 Å². The number of hydrogen-bond acceptors (Lipinski definition) is 3. The van der Waals surface area contributed by atoms with Gasteiger partial charge in [-0.25, -0.2) is 4.68 Å². The average Bonchev–Trinajstić information content (AvgIpc) is 3.31. The number of amides is 1. The van der Waals surface area contributed by atoms with Gasteiger partial charge in [-0.2, -0.15) is 36.7 Å². The quantitative estimate of drug-likeness (QED) is 0.317. The van der Waals surface area contributed by atoms with Crippen molar-refractivity contribution in [1.82, 2.24) is 9.78 Å². The van der Waals surface area contributed by atoms with E-state index in [0.717, 1.165) is 10.7 Å². The molecule has 0 atom stereocenters. The molecule has 182 valence electrons. The van der Waals surface area contributed by atoms with Gasteiger partial charge in [-0.05, 0) is 47.5 Å². The number of carbonyl (C=O) groups is 1. The average molecular weight is 500 g/mol. The Kier molecular flexibility index (Phi) is 6.28. The van der Waals surface area contributed by atoms with Gasteiger partial charge in [0, 0.05) is 11.8 Å². The largest absolute Gasteiger partial charge is 0.435 e. The van der Waals surface area contributed by atoms with Crippen LogP contribution < -0.4 is 5.32 Å². The Morgan fingerprint density at radius 2 is 1.56 bits per heavy atom. The van der Waals surface area contributed by atoms with Crippen LogP contribution in [0.4, 0.5) is 32.0 Å². The van der Waals surface area contributed by atoms with Gasteiger partial charge in [-0.1, -0.05) is 36.4 Å². The highest BCUT2D eigenvalue weighted by Crippen LogP contribution is 2.37. The molecule has 1 heterocycles. The van der Waals surface area contributed by atoms with Crippen molar-refractivity contribution in [2.24, 2.45) is 0 Å². The lowest BCUT2D eigenvalue weighted by atomic mass is 9.99. The molecular formula is C25H14F6N4O. The summed E-state index contributed by atoms with van der Waals surface area (Å²) >= 11 is 0. The van der Waals surface area contributed by atoms with E-state index >= 15 is 0 Å². The number of nitrogens with zero attached hydrogens (tertiary/aromatic N) is 3. The van der Waals surface area contributed by atoms with E-state index < -0.39 is 35.2 Å². The van der Waals surface area contributed by atoms with Crippen molar-refractivity contribution in [3.8, 4) is 22.9 Å². The van der Waals surface area contributed by atoms with Gasteiger partial charge in [0.05, 0.1) is 22.9 Å². The predicted octanol–water partition coefficient (Wildman–Crippen LogP) is 6.70. The molecule has 0 aliphatic heterocycles. The van der Waals surface area contributed by atoms with E-state index in [9.17, 15) is 31.1 Å². The number of benzene rings is 3. The molecule has 0 saturated heterocycles. The maximum atomic E-state index is 13.3. The van der Waals surface area contributed by atoms with Crippen LogP contribution in [0.3, 0.4) is 0 Å². The van der Waals surface area contributed by atoms with Crippen molar-refractivity contribution in [2.45, 2.75) is 12.4 Å². The first-order valence-corrected chi connectivity index (χ1v) is 10.2. The molecule has 0 unspecified atom stereocenters. The molecule has 0 bridgehead atoms. The van der Waals surface area contributed by atoms with Crippen LogP contribution in [-0.4, -0.2) is 15.7 Å². The van der Waals surface area contributed by atoms with Gasteiger partial charge < -0.3 is 5.32 Å². The van der Waals surface area contributed by atoms with Gasteiger partial charge in [0.15, 0.2) is 5.69 Å². The number of halogens is 6. The highest BCUT2D eigenvalue weighted by molar-refractivity contribution is 6.03. The molecule has 0 saturated carbocycles. The highest BCUT2D eigenvalue weighted by Gasteiger charge is 2.36. The lowest BCUT2D eigenvalue weighted by Crippen LogP contribution is -2.17. The number of nitriles is 1. The first kappa shape index (κ1) is 24.5. The van der Waals surface area contributed by atoms with Crippen LogP contribution in [0.1, 0.15) is 27.3 Å². The fourth-order valence-electron chi connectivity index (χ4n) is 3.50. The van der Waals surface area contributed by atoms with E-state index in [4.69, 9.17) is 5.26 Å². The minimum atomic E-state index is -4.83. The van der Waals surface area contributed by atoms with E-state index in [1.807, 2.05) is 6.07 Å². The van der Waals surface area contributed by atoms with Gasteiger partial charge in [0.25, 0.3) is 5.91 Å². The van der Waals surface area contributed by atoms with Gasteiger partial charge in [0.2, 0.25) is 0 Å². The maximum Gasteiger partial charge on any atom is 0.435 e. The van der Waals surface area contributed by atoms with E-state index in [2.05, 4.69) is 10.4 Å². The summed E-state index contributed by atoms with van der Waals surface area (Å²) in [6.07, 6.45) is -9.40. The second-order valence-corrected chi connectivity index (χ2v) is 7.56. The summed E-state index contributed by atoms with van der Waals surface area (Å²) in [5.41, 5.74) is -2.07. The molecule has 4 rings (SSSR count). The van der Waals surface area contributed by atoms with Crippen LogP contribution in [0, 0.1) is 11.3 Å². The number of alkyl halides is 6. The number of rotatable bonds is 4. The third-order valence-corrected chi connectivity index (χ3v) is 5.14. The number of anilines is 1. The monoisotopic (exact) mass is 500 g/mol. The Bertz CT molecular complexity index is 1460. The molecular weight excluding hydrogens is 486 g/mol. The molecule has 0 fully saturated rings. The molecule has 11 heteroatoms. The summed E-state index contributed by atoms with van der Waals surface area (Å²) in [6, 6.07) is 18.3. The summed E-state index contributed by atoms with van der Waals surface area (Å²) in [5, 5.41) is 15.0. The topological polar surface area (TPSA) is 70.7 Å². The molecule has 0 radical (unpaired) electrons. The zero-order valence-corrected chi connectivity index (χ0v) is 18.0. The molecule has 0 aliphatic rings. The predicted molar refractivity (Wildman–Crippen MR) is 118 cm³/mol. The summed E-state index contributed by atoms with van der Waals surface area (Å²) < 4.78 is 80.7. The minimum Gasteiger partial charge on any atom is -0.321 e. The second kappa shape index (κ2) is 9.22. The Balaban J connectivity index is 1.66. The molecule has 1 aromatic heterocycles. The van der Waals surface area contributed by atoms with Crippen LogP contribution in [0.25, 0.3) is 16.8 Å². The first-order valence-electron chi connectivity index (χ1n) is 10.2. The van der Waals surface area contributed by atoms with Crippen molar-refractivity contribution in [2.75, 3.05) is 5.32 Å². The molecule has 36 heavy (non-hydrogen) atoms. The van der Waals surface area contributed by atoms with Crippen molar-refractivity contribution in [1.29, 1.82) is 5.26 Å². The van der Waals surface area contributed by atoms with Crippen molar-refractivity contribution in [3.63, 3.8) is 0 Å². The standard InChI is InChI=1S/C25H14F6N4O/c26-24(27,28)20-7-2-1-6-19(20)16-8-10-17(11-9-16)33-23(36)21-13-22(25(29,30)31)34-35(21)18-5-3-4-15(12-18)14-32/h1-13H,(H,33,36). The van der Waals surface area contributed by atoms with E-state index in [1.54, 1.807) is 0 Å². The number of aromatic nitrogens is 2.